The van der Waals surface area contributed by atoms with Gasteiger partial charge in [-0.1, -0.05) is 12.1 Å². The molecule has 2 fully saturated rings. The molecule has 6 nitrogen and oxygen atoms in total. The number of nitrogens with one attached hydrogen (secondary N) is 1. The minimum absolute atomic E-state index is 0.0317. The zero-order valence-electron chi connectivity index (χ0n) is 21.7. The fraction of sp³-hybridized carbons (Fsp3) is 0.690. The van der Waals surface area contributed by atoms with Crippen molar-refractivity contribution in [3.05, 3.63) is 28.8 Å². The Morgan fingerprint density at radius 3 is 2.75 bits per heavy atom. The van der Waals surface area contributed by atoms with Crippen LogP contribution in [0, 0.1) is 11.8 Å². The molecule has 196 valence electrons. The summed E-state index contributed by atoms with van der Waals surface area (Å²) in [6.07, 6.45) is 7.80. The van der Waals surface area contributed by atoms with Crippen LogP contribution in [0.5, 0.6) is 5.75 Å². The second kappa shape index (κ2) is 10.5. The molecule has 4 aliphatic rings. The molecule has 1 saturated heterocycles. The number of piperidine rings is 1. The van der Waals surface area contributed by atoms with E-state index in [1.165, 1.54) is 11.1 Å². The molecule has 0 unspecified atom stereocenters. The van der Waals surface area contributed by atoms with Crippen molar-refractivity contribution in [3.8, 4) is 5.75 Å². The maximum Gasteiger partial charge on any atom is 0.220 e. The number of Topliss-reactive ketones (excluding diaryl/α,β-unsaturated/α-hetero) is 2. The van der Waals surface area contributed by atoms with Crippen LogP contribution in [0.2, 0.25) is 0 Å². The highest BCUT2D eigenvalue weighted by Gasteiger charge is 2.65. The van der Waals surface area contributed by atoms with E-state index in [1.54, 1.807) is 13.8 Å². The first-order chi connectivity index (χ1) is 17.3. The quantitative estimate of drug-likeness (QED) is 0.350. The third-order valence-corrected chi connectivity index (χ3v) is 9.40. The van der Waals surface area contributed by atoms with E-state index in [4.69, 9.17) is 4.74 Å². The molecular formula is C29H40N2O4S. The van der Waals surface area contributed by atoms with Gasteiger partial charge in [0.05, 0.1) is 0 Å². The molecule has 7 heteroatoms. The average molecular weight is 513 g/mol. The van der Waals surface area contributed by atoms with Gasteiger partial charge in [-0.2, -0.15) is 12.6 Å². The second-order valence-electron chi connectivity index (χ2n) is 11.5. The Morgan fingerprint density at radius 2 is 2.00 bits per heavy atom. The third-order valence-electron chi connectivity index (χ3n) is 9.18. The molecule has 5 atom stereocenters. The van der Waals surface area contributed by atoms with Crippen molar-refractivity contribution < 1.29 is 19.1 Å². The van der Waals surface area contributed by atoms with Crippen LogP contribution in [0.1, 0.15) is 75.5 Å². The van der Waals surface area contributed by atoms with Crippen LogP contribution in [0.3, 0.4) is 0 Å². The number of likely N-dealkylation sites (tertiary alicyclic amines) is 1. The summed E-state index contributed by atoms with van der Waals surface area (Å²) in [5.41, 5.74) is 3.75. The van der Waals surface area contributed by atoms with Crippen LogP contribution >= 0.6 is 12.6 Å². The number of hydrogen-bond acceptors (Lipinski definition) is 6. The molecule has 2 aliphatic carbocycles. The Hall–Kier alpha value is -1.86. The van der Waals surface area contributed by atoms with Crippen molar-refractivity contribution >= 4 is 30.1 Å². The van der Waals surface area contributed by atoms with E-state index in [-0.39, 0.29) is 34.9 Å². The van der Waals surface area contributed by atoms with Crippen LogP contribution in [0.15, 0.2) is 12.1 Å². The number of unbranched alkanes of at least 4 members (excludes halogenated alkanes) is 1. The number of ether oxygens (including phenoxy) is 1. The van der Waals surface area contributed by atoms with E-state index in [1.807, 2.05) is 0 Å². The van der Waals surface area contributed by atoms with Crippen LogP contribution in [-0.4, -0.2) is 59.9 Å². The molecule has 0 aromatic heterocycles. The van der Waals surface area contributed by atoms with E-state index in [0.717, 1.165) is 69.5 Å². The van der Waals surface area contributed by atoms with E-state index >= 15 is 0 Å². The lowest BCUT2D eigenvalue weighted by atomic mass is 9.49. The summed E-state index contributed by atoms with van der Waals surface area (Å²) < 4.78 is 6.85. The minimum Gasteiger partial charge on any atom is -0.489 e. The molecule has 1 saturated carbocycles. The average Bonchev–Trinajstić information content (AvgIpc) is 3.17. The first-order valence-corrected chi connectivity index (χ1v) is 14.4. The number of thiol groups is 1. The van der Waals surface area contributed by atoms with Gasteiger partial charge in [0.25, 0.3) is 0 Å². The van der Waals surface area contributed by atoms with Crippen LogP contribution in [0.4, 0.5) is 0 Å². The Balaban J connectivity index is 1.38. The zero-order chi connectivity index (χ0) is 25.4. The van der Waals surface area contributed by atoms with Gasteiger partial charge < -0.3 is 14.8 Å². The van der Waals surface area contributed by atoms with Crippen molar-refractivity contribution in [3.63, 3.8) is 0 Å². The molecule has 1 aromatic rings. The topological polar surface area (TPSA) is 75.7 Å². The maximum absolute atomic E-state index is 12.2. The fourth-order valence-electron chi connectivity index (χ4n) is 7.93. The monoisotopic (exact) mass is 512 g/mol. The maximum atomic E-state index is 12.2. The van der Waals surface area contributed by atoms with Crippen molar-refractivity contribution in [2.45, 2.75) is 89.2 Å². The minimum atomic E-state index is -0.0317. The number of rotatable bonds is 11. The summed E-state index contributed by atoms with van der Waals surface area (Å²) in [6, 6.07) is 4.85. The molecule has 2 heterocycles. The highest BCUT2D eigenvalue weighted by atomic mass is 32.1. The molecule has 36 heavy (non-hydrogen) atoms. The zero-order valence-corrected chi connectivity index (χ0v) is 22.6. The van der Waals surface area contributed by atoms with Gasteiger partial charge in [0.2, 0.25) is 5.91 Å². The summed E-state index contributed by atoms with van der Waals surface area (Å²) in [6.45, 7) is 6.16. The smallest absolute Gasteiger partial charge is 0.220 e. The van der Waals surface area contributed by atoms with Crippen LogP contribution in [-0.2, 0) is 32.6 Å². The van der Waals surface area contributed by atoms with Crippen LogP contribution < -0.4 is 10.1 Å². The summed E-state index contributed by atoms with van der Waals surface area (Å²) in [7, 11) is 0. The predicted octanol–water partition coefficient (Wildman–Crippen LogP) is 3.67. The number of amides is 1. The van der Waals surface area contributed by atoms with Crippen molar-refractivity contribution in [1.29, 1.82) is 0 Å². The normalized spacial score (nSPS) is 29.9. The largest absolute Gasteiger partial charge is 0.489 e. The van der Waals surface area contributed by atoms with Crippen molar-refractivity contribution in [1.82, 2.24) is 10.2 Å². The van der Waals surface area contributed by atoms with Crippen LogP contribution in [0.25, 0.3) is 0 Å². The van der Waals surface area contributed by atoms with Gasteiger partial charge in [-0.25, -0.2) is 0 Å². The predicted molar refractivity (Wildman–Crippen MR) is 143 cm³/mol. The Labute approximate surface area is 220 Å². The number of hydrogen-bond donors (Lipinski definition) is 2. The summed E-state index contributed by atoms with van der Waals surface area (Å²) in [5, 5.41) is 3.00. The van der Waals surface area contributed by atoms with Gasteiger partial charge in [0, 0.05) is 54.3 Å². The number of ketones is 2. The van der Waals surface area contributed by atoms with Gasteiger partial charge in [-0.3, -0.25) is 14.5 Å². The number of benzene rings is 1. The Kier molecular flexibility index (Phi) is 7.51. The fourth-order valence-corrected chi connectivity index (χ4v) is 8.13. The summed E-state index contributed by atoms with van der Waals surface area (Å²) in [5.74, 6) is 2.81. The first-order valence-electron chi connectivity index (χ1n) is 13.8. The van der Waals surface area contributed by atoms with Gasteiger partial charge in [-0.15, -0.1) is 0 Å². The number of carbonyl (C=O) groups excluding carboxylic acids is 3. The van der Waals surface area contributed by atoms with E-state index in [0.29, 0.717) is 37.0 Å². The molecule has 1 amide bonds. The van der Waals surface area contributed by atoms with Gasteiger partial charge in [0.15, 0.2) is 0 Å². The van der Waals surface area contributed by atoms with Crippen molar-refractivity contribution in [2.75, 3.05) is 25.4 Å². The van der Waals surface area contributed by atoms with Gasteiger partial charge in [0.1, 0.15) is 23.4 Å². The number of carbonyl (C=O) groups is 3. The molecule has 2 bridgehead atoms. The summed E-state index contributed by atoms with van der Waals surface area (Å²) in [4.78, 5) is 38.6. The molecule has 1 aromatic carbocycles. The highest BCUT2D eigenvalue weighted by Crippen LogP contribution is 2.64. The SMILES string of the molecule is CC(=O)Cc1ccc2c3c1O[C@H]1[C@@H](CC(C)=O)CC[C@H]4[C@H](C2)N(CCCCNC(=O)CCS)CC[C@@]341. The van der Waals surface area contributed by atoms with Gasteiger partial charge in [-0.05, 0) is 82.7 Å². The molecule has 2 aliphatic heterocycles. The third kappa shape index (κ3) is 4.51. The molecule has 1 spiro atoms. The lowest BCUT2D eigenvalue weighted by Gasteiger charge is -2.59. The first kappa shape index (κ1) is 25.8. The Morgan fingerprint density at radius 1 is 1.17 bits per heavy atom. The highest BCUT2D eigenvalue weighted by molar-refractivity contribution is 7.80. The van der Waals surface area contributed by atoms with Gasteiger partial charge >= 0.3 is 0 Å². The number of nitrogens with zero attached hydrogens (tertiary/aromatic N) is 1. The van der Waals surface area contributed by atoms with Crippen molar-refractivity contribution in [2.24, 2.45) is 11.8 Å². The van der Waals surface area contributed by atoms with E-state index in [2.05, 4.69) is 35.0 Å². The molecule has 1 N–H and O–H groups in total. The standard InChI is InChI=1S/C29H40N2O4S/c1-18(32)15-21-6-5-20-17-24-23-8-7-22(16-19(2)33)28-29(23,26(20)27(21)35-28)10-13-31(24)12-4-3-11-30-25(34)9-14-36/h5-6,22-24,28,36H,3-4,7-17H2,1-2H3,(H,30,34)/t22-,23+,24+,28+,29+/m1/s1. The lowest BCUT2D eigenvalue weighted by molar-refractivity contribution is -0.122. The Bertz CT molecular complexity index is 1040. The lowest BCUT2D eigenvalue weighted by Crippen LogP contribution is -2.66. The van der Waals surface area contributed by atoms with E-state index < -0.39 is 0 Å². The molecule has 5 rings (SSSR count). The van der Waals surface area contributed by atoms with E-state index in [9.17, 15) is 14.4 Å². The molecular weight excluding hydrogens is 472 g/mol. The molecule has 0 radical (unpaired) electrons. The summed E-state index contributed by atoms with van der Waals surface area (Å²) >= 11 is 4.13. The second-order valence-corrected chi connectivity index (χ2v) is 11.9.